The molecule has 0 aliphatic rings. The molecule has 0 saturated carbocycles. The molecule has 0 saturated heterocycles. The highest BCUT2D eigenvalue weighted by molar-refractivity contribution is 5.66. The first-order valence-corrected chi connectivity index (χ1v) is 6.00. The molecule has 0 unspecified atom stereocenters. The summed E-state index contributed by atoms with van der Waals surface area (Å²) in [7, 11) is 0. The van der Waals surface area contributed by atoms with Crippen LogP contribution in [0.3, 0.4) is 0 Å². The van der Waals surface area contributed by atoms with E-state index in [4.69, 9.17) is 4.74 Å². The van der Waals surface area contributed by atoms with Gasteiger partial charge in [0.2, 0.25) is 0 Å². The molecule has 2 aromatic rings. The smallest absolute Gasteiger partial charge is 0.302 e. The van der Waals surface area contributed by atoms with Crippen molar-refractivity contribution in [2.24, 2.45) is 0 Å². The third kappa shape index (κ3) is 3.20. The van der Waals surface area contributed by atoms with Crippen LogP contribution in [0.15, 0.2) is 60.7 Å². The molecule has 2 rings (SSSR count). The largest absolute Gasteiger partial charge is 0.465 e. The monoisotopic (exact) mass is 240 g/mol. The van der Waals surface area contributed by atoms with Crippen LogP contribution in [-0.4, -0.2) is 12.6 Å². The van der Waals surface area contributed by atoms with Crippen molar-refractivity contribution in [3.63, 3.8) is 0 Å². The third-order valence-electron chi connectivity index (χ3n) is 2.86. The molecule has 18 heavy (non-hydrogen) atoms. The second-order valence-electron chi connectivity index (χ2n) is 4.18. The third-order valence-corrected chi connectivity index (χ3v) is 2.86. The van der Waals surface area contributed by atoms with Gasteiger partial charge in [-0.25, -0.2) is 0 Å². The van der Waals surface area contributed by atoms with E-state index < -0.39 is 0 Å². The number of carbonyl (C=O) groups is 1. The van der Waals surface area contributed by atoms with Crippen molar-refractivity contribution in [2.75, 3.05) is 6.61 Å². The number of hydrogen-bond acceptors (Lipinski definition) is 2. The van der Waals surface area contributed by atoms with Crippen LogP contribution in [0.5, 0.6) is 0 Å². The van der Waals surface area contributed by atoms with Gasteiger partial charge >= 0.3 is 5.97 Å². The van der Waals surface area contributed by atoms with Gasteiger partial charge in [-0.15, -0.1) is 0 Å². The fraction of sp³-hybridized carbons (Fsp3) is 0.188. The van der Waals surface area contributed by atoms with Gasteiger partial charge in [-0.1, -0.05) is 60.7 Å². The Morgan fingerprint density at radius 1 is 0.944 bits per heavy atom. The number of benzene rings is 2. The molecule has 0 aliphatic carbocycles. The maximum absolute atomic E-state index is 11.0. The van der Waals surface area contributed by atoms with Crippen molar-refractivity contribution < 1.29 is 9.53 Å². The average Bonchev–Trinajstić information content (AvgIpc) is 2.41. The first kappa shape index (κ1) is 12.4. The summed E-state index contributed by atoms with van der Waals surface area (Å²) in [5.74, 6) is -0.150. The van der Waals surface area contributed by atoms with Gasteiger partial charge in [0.15, 0.2) is 0 Å². The number of hydrogen-bond donors (Lipinski definition) is 0. The molecule has 2 heteroatoms. The molecule has 0 bridgehead atoms. The van der Waals surface area contributed by atoms with Crippen molar-refractivity contribution in [3.8, 4) is 0 Å². The standard InChI is InChI=1S/C16H16O2/c1-13(17)18-12-16(14-8-4-2-5-9-14)15-10-6-3-7-11-15/h2-11,16H,12H2,1H3. The minimum Gasteiger partial charge on any atom is -0.465 e. The second-order valence-corrected chi connectivity index (χ2v) is 4.18. The Morgan fingerprint density at radius 3 is 1.78 bits per heavy atom. The van der Waals surface area contributed by atoms with E-state index in [-0.39, 0.29) is 11.9 Å². The van der Waals surface area contributed by atoms with Gasteiger partial charge in [-0.05, 0) is 11.1 Å². The molecule has 0 radical (unpaired) electrons. The zero-order valence-electron chi connectivity index (χ0n) is 10.4. The van der Waals surface area contributed by atoms with Crippen molar-refractivity contribution in [3.05, 3.63) is 71.8 Å². The zero-order chi connectivity index (χ0) is 12.8. The minimum absolute atomic E-state index is 0.0938. The molecule has 0 aromatic heterocycles. The highest BCUT2D eigenvalue weighted by atomic mass is 16.5. The Bertz CT molecular complexity index is 452. The van der Waals surface area contributed by atoms with Crippen LogP contribution in [0.1, 0.15) is 24.0 Å². The van der Waals surface area contributed by atoms with Crippen LogP contribution in [0.2, 0.25) is 0 Å². The molecule has 0 amide bonds. The lowest BCUT2D eigenvalue weighted by atomic mass is 9.92. The van der Waals surface area contributed by atoms with E-state index in [2.05, 4.69) is 24.3 Å². The number of carbonyl (C=O) groups excluding carboxylic acids is 1. The van der Waals surface area contributed by atoms with Gasteiger partial charge in [0.05, 0.1) is 0 Å². The van der Waals surface area contributed by atoms with E-state index in [9.17, 15) is 4.79 Å². The van der Waals surface area contributed by atoms with Crippen molar-refractivity contribution >= 4 is 5.97 Å². The van der Waals surface area contributed by atoms with Gasteiger partial charge in [-0.2, -0.15) is 0 Å². The average molecular weight is 240 g/mol. The maximum Gasteiger partial charge on any atom is 0.302 e. The quantitative estimate of drug-likeness (QED) is 0.766. The van der Waals surface area contributed by atoms with Crippen LogP contribution >= 0.6 is 0 Å². The molecule has 0 N–H and O–H groups in total. The molecule has 0 heterocycles. The molecule has 2 nitrogen and oxygen atoms in total. The van der Waals surface area contributed by atoms with Gasteiger partial charge < -0.3 is 4.74 Å². The first-order chi connectivity index (χ1) is 8.77. The van der Waals surface area contributed by atoms with Crippen molar-refractivity contribution in [2.45, 2.75) is 12.8 Å². The number of rotatable bonds is 4. The van der Waals surface area contributed by atoms with E-state index >= 15 is 0 Å². The summed E-state index contributed by atoms with van der Waals surface area (Å²) in [5.41, 5.74) is 2.31. The molecule has 0 fully saturated rings. The highest BCUT2D eigenvalue weighted by Crippen LogP contribution is 2.24. The Hall–Kier alpha value is -2.09. The molecular weight excluding hydrogens is 224 g/mol. The van der Waals surface area contributed by atoms with Gasteiger partial charge in [-0.3, -0.25) is 4.79 Å². The highest BCUT2D eigenvalue weighted by Gasteiger charge is 2.14. The van der Waals surface area contributed by atoms with Crippen LogP contribution in [-0.2, 0) is 9.53 Å². The molecule has 0 aliphatic heterocycles. The van der Waals surface area contributed by atoms with E-state index in [1.807, 2.05) is 36.4 Å². The predicted octanol–water partition coefficient (Wildman–Crippen LogP) is 3.38. The maximum atomic E-state index is 11.0. The summed E-state index contributed by atoms with van der Waals surface area (Å²) in [4.78, 5) is 11.0. The van der Waals surface area contributed by atoms with Crippen LogP contribution in [0, 0.1) is 0 Å². The fourth-order valence-electron chi connectivity index (χ4n) is 1.96. The predicted molar refractivity (Wildman–Crippen MR) is 71.4 cm³/mol. The Labute approximate surface area is 107 Å². The summed E-state index contributed by atoms with van der Waals surface area (Å²) < 4.78 is 5.17. The van der Waals surface area contributed by atoms with E-state index in [1.54, 1.807) is 0 Å². The minimum atomic E-state index is -0.244. The lowest BCUT2D eigenvalue weighted by Crippen LogP contribution is -2.12. The zero-order valence-corrected chi connectivity index (χ0v) is 10.4. The SMILES string of the molecule is CC(=O)OCC(c1ccccc1)c1ccccc1. The van der Waals surface area contributed by atoms with Crippen molar-refractivity contribution in [1.82, 2.24) is 0 Å². The topological polar surface area (TPSA) is 26.3 Å². The second kappa shape index (κ2) is 6.01. The Balaban J connectivity index is 2.26. The Kier molecular flexibility index (Phi) is 4.13. The fourth-order valence-corrected chi connectivity index (χ4v) is 1.96. The summed E-state index contributed by atoms with van der Waals surface area (Å²) in [6.07, 6.45) is 0. The summed E-state index contributed by atoms with van der Waals surface area (Å²) in [6.45, 7) is 1.82. The van der Waals surface area contributed by atoms with Crippen LogP contribution in [0.4, 0.5) is 0 Å². The molecular formula is C16H16O2. The van der Waals surface area contributed by atoms with Crippen molar-refractivity contribution in [1.29, 1.82) is 0 Å². The molecule has 2 aromatic carbocycles. The summed E-state index contributed by atoms with van der Waals surface area (Å²) in [6, 6.07) is 20.2. The van der Waals surface area contributed by atoms with Gasteiger partial charge in [0, 0.05) is 12.8 Å². The van der Waals surface area contributed by atoms with Crippen LogP contribution < -0.4 is 0 Å². The van der Waals surface area contributed by atoms with Crippen LogP contribution in [0.25, 0.3) is 0 Å². The number of esters is 1. The van der Waals surface area contributed by atoms with E-state index in [1.165, 1.54) is 6.92 Å². The molecule has 0 spiro atoms. The summed E-state index contributed by atoms with van der Waals surface area (Å²) >= 11 is 0. The van der Waals surface area contributed by atoms with E-state index in [0.29, 0.717) is 6.61 Å². The summed E-state index contributed by atoms with van der Waals surface area (Å²) in [5, 5.41) is 0. The lowest BCUT2D eigenvalue weighted by Gasteiger charge is -2.17. The lowest BCUT2D eigenvalue weighted by molar-refractivity contribution is -0.141. The van der Waals surface area contributed by atoms with Gasteiger partial charge in [0.1, 0.15) is 6.61 Å². The molecule has 0 atom stereocenters. The van der Waals surface area contributed by atoms with E-state index in [0.717, 1.165) is 11.1 Å². The molecule has 92 valence electrons. The number of ether oxygens (including phenoxy) is 1. The Morgan fingerprint density at radius 2 is 1.39 bits per heavy atom. The normalized spacial score (nSPS) is 10.3. The van der Waals surface area contributed by atoms with Gasteiger partial charge in [0.25, 0.3) is 0 Å². The first-order valence-electron chi connectivity index (χ1n) is 6.00.